The molecule has 1 amide bonds. The molecule has 0 aliphatic rings. The summed E-state index contributed by atoms with van der Waals surface area (Å²) in [6.07, 6.45) is -9.28. The van der Waals surface area contributed by atoms with E-state index in [0.717, 1.165) is 6.92 Å². The normalized spacial score (nSPS) is 15.3. The maximum Gasteiger partial charge on any atom is 0.466 e. The summed E-state index contributed by atoms with van der Waals surface area (Å²) < 4.78 is 136. The second-order valence-corrected chi connectivity index (χ2v) is 9.23. The van der Waals surface area contributed by atoms with Crippen LogP contribution in [0.3, 0.4) is 0 Å². The minimum Gasteiger partial charge on any atom is -0.743 e. The lowest BCUT2D eigenvalue weighted by Crippen LogP contribution is -2.64. The molecule has 34 heavy (non-hydrogen) atoms. The molecule has 0 aliphatic carbocycles. The molecule has 200 valence electrons. The van der Waals surface area contributed by atoms with Gasteiger partial charge in [0.25, 0.3) is 0 Å². The Kier molecular flexibility index (Phi) is 10.2. The zero-order valence-corrected chi connectivity index (χ0v) is 19.7. The maximum atomic E-state index is 14.1. The van der Waals surface area contributed by atoms with E-state index in [4.69, 9.17) is 0 Å². The van der Waals surface area contributed by atoms with E-state index in [2.05, 4.69) is 16.1 Å². The number of nitrogens with zero attached hydrogens (tertiary/aromatic N) is 1. The molecule has 0 bridgehead atoms. The fourth-order valence-electron chi connectivity index (χ4n) is 2.69. The summed E-state index contributed by atoms with van der Waals surface area (Å²) in [6, 6.07) is -1.79. The SMILES string of the molecule is C=C(C)C(=O)OC(OCCCC(F)(F)C(F)(F)S(=O)(=O)[O-])(C(=O)N(C(C)C)C(C)C)C(F)(F)F. The Morgan fingerprint density at radius 3 is 1.76 bits per heavy atom. The smallest absolute Gasteiger partial charge is 0.466 e. The summed E-state index contributed by atoms with van der Waals surface area (Å²) in [5, 5.41) is -6.06. The van der Waals surface area contributed by atoms with E-state index in [0.29, 0.717) is 4.90 Å². The van der Waals surface area contributed by atoms with Crippen molar-refractivity contribution in [2.45, 2.75) is 82.7 Å². The third-order valence-corrected chi connectivity index (χ3v) is 5.19. The molecule has 0 spiro atoms. The highest BCUT2D eigenvalue weighted by atomic mass is 32.2. The van der Waals surface area contributed by atoms with Crippen molar-refractivity contribution in [3.05, 3.63) is 12.2 Å². The average Bonchev–Trinajstić information content (AvgIpc) is 2.60. The van der Waals surface area contributed by atoms with Crippen LogP contribution in [0.5, 0.6) is 0 Å². The number of hydrogen-bond acceptors (Lipinski definition) is 7. The highest BCUT2D eigenvalue weighted by Gasteiger charge is 2.68. The molecule has 0 saturated carbocycles. The molecule has 0 aromatic heterocycles. The van der Waals surface area contributed by atoms with Crippen molar-refractivity contribution in [3.8, 4) is 0 Å². The molecule has 0 radical (unpaired) electrons. The first-order chi connectivity index (χ1) is 15.0. The van der Waals surface area contributed by atoms with Crippen LogP contribution in [0.15, 0.2) is 12.2 Å². The lowest BCUT2D eigenvalue weighted by Gasteiger charge is -2.40. The van der Waals surface area contributed by atoms with Gasteiger partial charge in [-0.25, -0.2) is 13.2 Å². The molecule has 0 aliphatic heterocycles. The predicted molar refractivity (Wildman–Crippen MR) is 102 cm³/mol. The van der Waals surface area contributed by atoms with Gasteiger partial charge in [-0.2, -0.15) is 30.7 Å². The summed E-state index contributed by atoms with van der Waals surface area (Å²) in [7, 11) is -6.81. The van der Waals surface area contributed by atoms with E-state index in [9.17, 15) is 53.3 Å². The van der Waals surface area contributed by atoms with Gasteiger partial charge in [0, 0.05) is 24.1 Å². The molecule has 0 rings (SSSR count). The number of carbonyl (C=O) groups is 2. The van der Waals surface area contributed by atoms with Gasteiger partial charge in [-0.3, -0.25) is 4.79 Å². The highest BCUT2D eigenvalue weighted by Crippen LogP contribution is 2.42. The van der Waals surface area contributed by atoms with Gasteiger partial charge in [-0.1, -0.05) is 6.58 Å². The van der Waals surface area contributed by atoms with Gasteiger partial charge in [0.1, 0.15) is 0 Å². The van der Waals surface area contributed by atoms with Crippen molar-refractivity contribution in [2.24, 2.45) is 0 Å². The summed E-state index contributed by atoms with van der Waals surface area (Å²) in [5.41, 5.74) is -0.586. The number of alkyl halides is 7. The third-order valence-electron chi connectivity index (χ3n) is 4.27. The molecule has 0 aromatic rings. The van der Waals surface area contributed by atoms with Crippen molar-refractivity contribution < 1.29 is 62.8 Å². The fourth-order valence-corrected chi connectivity index (χ4v) is 3.16. The Bertz CT molecular complexity index is 864. The van der Waals surface area contributed by atoms with Crippen LogP contribution in [0.25, 0.3) is 0 Å². The van der Waals surface area contributed by atoms with Gasteiger partial charge >= 0.3 is 35.0 Å². The lowest BCUT2D eigenvalue weighted by atomic mass is 10.1. The second-order valence-electron chi connectivity index (χ2n) is 7.81. The zero-order valence-electron chi connectivity index (χ0n) is 18.8. The number of carbonyl (C=O) groups excluding carboxylic acids is 2. The number of esters is 1. The van der Waals surface area contributed by atoms with E-state index in [1.807, 2.05) is 0 Å². The zero-order chi connectivity index (χ0) is 27.5. The Hall–Kier alpha value is -1.94. The van der Waals surface area contributed by atoms with Crippen LogP contribution in [0.1, 0.15) is 47.5 Å². The number of ether oxygens (including phenoxy) is 2. The Morgan fingerprint density at radius 1 is 1.00 bits per heavy atom. The van der Waals surface area contributed by atoms with E-state index >= 15 is 0 Å². The van der Waals surface area contributed by atoms with Crippen molar-refractivity contribution in [3.63, 3.8) is 0 Å². The van der Waals surface area contributed by atoms with Crippen LogP contribution in [-0.2, 0) is 29.2 Å². The van der Waals surface area contributed by atoms with Crippen molar-refractivity contribution >= 4 is 22.0 Å². The second kappa shape index (κ2) is 10.8. The fraction of sp³-hybridized carbons (Fsp3) is 0.778. The topological polar surface area (TPSA) is 113 Å². The molecule has 0 heterocycles. The van der Waals surface area contributed by atoms with E-state index in [-0.39, 0.29) is 0 Å². The van der Waals surface area contributed by atoms with E-state index < -0.39 is 82.2 Å². The van der Waals surface area contributed by atoms with Gasteiger partial charge in [0.05, 0.1) is 6.61 Å². The molecule has 8 nitrogen and oxygen atoms in total. The van der Waals surface area contributed by atoms with Crippen LogP contribution >= 0.6 is 0 Å². The van der Waals surface area contributed by atoms with E-state index in [1.54, 1.807) is 0 Å². The molecule has 0 N–H and O–H groups in total. The maximum absolute atomic E-state index is 14.1. The van der Waals surface area contributed by atoms with Crippen molar-refractivity contribution in [1.82, 2.24) is 4.90 Å². The van der Waals surface area contributed by atoms with Crippen molar-refractivity contribution in [2.75, 3.05) is 6.61 Å². The summed E-state index contributed by atoms with van der Waals surface area (Å²) in [6.45, 7) is 7.81. The van der Waals surface area contributed by atoms with Crippen LogP contribution in [-0.4, -0.2) is 71.6 Å². The van der Waals surface area contributed by atoms with Crippen LogP contribution in [0.4, 0.5) is 30.7 Å². The summed E-state index contributed by atoms with van der Waals surface area (Å²) >= 11 is 0. The number of halogens is 7. The van der Waals surface area contributed by atoms with Crippen LogP contribution in [0, 0.1) is 0 Å². The molecule has 0 fully saturated rings. The van der Waals surface area contributed by atoms with Gasteiger partial charge in [0.15, 0.2) is 10.1 Å². The largest absolute Gasteiger partial charge is 0.743 e. The molecule has 1 unspecified atom stereocenters. The molecular formula is C18H25F7NO7S-. The number of hydrogen-bond donors (Lipinski definition) is 0. The third kappa shape index (κ3) is 6.81. The number of amides is 1. The number of rotatable bonds is 12. The lowest BCUT2D eigenvalue weighted by molar-refractivity contribution is -0.351. The molecule has 16 heteroatoms. The Balaban J connectivity index is 6.19. The van der Waals surface area contributed by atoms with Gasteiger partial charge in [-0.15, -0.1) is 0 Å². The quantitative estimate of drug-likeness (QED) is 0.0943. The van der Waals surface area contributed by atoms with Gasteiger partial charge < -0.3 is 18.9 Å². The first-order valence-corrected chi connectivity index (χ1v) is 11.0. The van der Waals surface area contributed by atoms with Crippen LogP contribution in [0.2, 0.25) is 0 Å². The first-order valence-electron chi connectivity index (χ1n) is 9.59. The highest BCUT2D eigenvalue weighted by molar-refractivity contribution is 7.86. The summed E-state index contributed by atoms with van der Waals surface area (Å²) in [4.78, 5) is 25.5. The Morgan fingerprint density at radius 2 is 1.44 bits per heavy atom. The average molecular weight is 532 g/mol. The molecule has 0 aromatic carbocycles. The predicted octanol–water partition coefficient (Wildman–Crippen LogP) is 3.58. The molecule has 1 atom stereocenters. The first kappa shape index (κ1) is 32.1. The minimum absolute atomic E-state index is 0.586. The summed E-state index contributed by atoms with van der Waals surface area (Å²) in [5.74, 6) is -13.5. The minimum atomic E-state index is -6.81. The van der Waals surface area contributed by atoms with E-state index in [1.165, 1.54) is 27.7 Å². The van der Waals surface area contributed by atoms with Gasteiger partial charge in [0.2, 0.25) is 0 Å². The molecule has 0 saturated heterocycles. The molecular weight excluding hydrogens is 507 g/mol. The monoisotopic (exact) mass is 532 g/mol. The Labute approximate surface area is 191 Å². The van der Waals surface area contributed by atoms with Crippen molar-refractivity contribution in [1.29, 1.82) is 0 Å². The van der Waals surface area contributed by atoms with Crippen LogP contribution < -0.4 is 0 Å². The standard InChI is InChI=1S/C18H26F7NO7S/c1-10(2)13(27)33-16(17(21,22)23,14(28)26(11(3)4)12(5)6)32-9-7-8-15(19,20)18(24,25)34(29,30)31/h11-12H,1,7-9H2,2-6H3,(H,29,30,31)/p-1. The van der Waals surface area contributed by atoms with Gasteiger partial charge in [-0.05, 0) is 41.0 Å².